The Hall–Kier alpha value is -2.29. The smallest absolute Gasteiger partial charge is 0.407 e. The Morgan fingerprint density at radius 3 is 2.72 bits per heavy atom. The van der Waals surface area contributed by atoms with Crippen LogP contribution >= 0.6 is 0 Å². The molecule has 164 valence electrons. The summed E-state index contributed by atoms with van der Waals surface area (Å²) >= 11 is 0. The van der Waals surface area contributed by atoms with Crippen LogP contribution in [-0.2, 0) is 16.0 Å². The van der Waals surface area contributed by atoms with E-state index in [1.165, 1.54) is 0 Å². The maximum absolute atomic E-state index is 11.6. The number of rotatable bonds is 8. The second-order valence-electron chi connectivity index (χ2n) is 8.00. The number of carbonyl (C=O) groups excluding carboxylic acids is 1. The van der Waals surface area contributed by atoms with E-state index in [1.807, 2.05) is 26.8 Å². The van der Waals surface area contributed by atoms with Crippen molar-refractivity contribution in [1.82, 2.24) is 20.7 Å². The molecule has 0 bridgehead atoms. The fourth-order valence-electron chi connectivity index (χ4n) is 2.96. The van der Waals surface area contributed by atoms with E-state index in [1.54, 1.807) is 6.26 Å². The number of likely N-dealkylation sites (tertiary alicyclic amines) is 1. The van der Waals surface area contributed by atoms with E-state index in [0.717, 1.165) is 50.6 Å². The van der Waals surface area contributed by atoms with Crippen molar-refractivity contribution in [3.63, 3.8) is 0 Å². The van der Waals surface area contributed by atoms with Crippen LogP contribution in [0.3, 0.4) is 0 Å². The van der Waals surface area contributed by atoms with E-state index in [-0.39, 0.29) is 12.2 Å². The average Bonchev–Trinajstić information content (AvgIpc) is 3.17. The highest BCUT2D eigenvalue weighted by Gasteiger charge is 2.22. The van der Waals surface area contributed by atoms with Crippen molar-refractivity contribution in [1.29, 1.82) is 0 Å². The minimum Gasteiger partial charge on any atom is -0.444 e. The van der Waals surface area contributed by atoms with Gasteiger partial charge in [-0.2, -0.15) is 0 Å². The molecule has 1 amide bonds. The number of hydrogen-bond acceptors (Lipinski definition) is 6. The predicted molar refractivity (Wildman–Crippen MR) is 111 cm³/mol. The summed E-state index contributed by atoms with van der Waals surface area (Å²) in [5.74, 6) is 0.899. The van der Waals surface area contributed by atoms with Crippen molar-refractivity contribution >= 4 is 12.1 Å². The maximum Gasteiger partial charge on any atom is 0.407 e. The number of ether oxygens (including phenoxy) is 2. The van der Waals surface area contributed by atoms with E-state index in [0.29, 0.717) is 19.7 Å². The fourth-order valence-corrected chi connectivity index (χ4v) is 2.96. The number of amides is 1. The Labute approximate surface area is 173 Å². The molecule has 1 aliphatic rings. The molecule has 2 heterocycles. The first-order chi connectivity index (χ1) is 13.9. The lowest BCUT2D eigenvalue weighted by molar-refractivity contribution is 0.0170. The van der Waals surface area contributed by atoms with E-state index in [2.05, 4.69) is 32.6 Å². The largest absolute Gasteiger partial charge is 0.444 e. The molecule has 0 saturated carbocycles. The molecule has 2 rings (SSSR count). The number of nitrogens with one attached hydrogen (secondary N) is 2. The van der Waals surface area contributed by atoms with Crippen LogP contribution in [0.4, 0.5) is 4.79 Å². The van der Waals surface area contributed by atoms with Crippen LogP contribution in [0.2, 0.25) is 0 Å². The van der Waals surface area contributed by atoms with Gasteiger partial charge < -0.3 is 29.5 Å². The van der Waals surface area contributed by atoms with Gasteiger partial charge in [-0.25, -0.2) is 9.79 Å². The Bertz CT molecular complexity index is 619. The van der Waals surface area contributed by atoms with Crippen LogP contribution in [0, 0.1) is 0 Å². The van der Waals surface area contributed by atoms with Gasteiger partial charge in [0.15, 0.2) is 5.96 Å². The zero-order valence-corrected chi connectivity index (χ0v) is 18.1. The number of aromatic nitrogens is 1. The van der Waals surface area contributed by atoms with Crippen LogP contribution in [-0.4, -0.2) is 66.6 Å². The quantitative estimate of drug-likeness (QED) is 0.386. The first kappa shape index (κ1) is 23.0. The molecule has 1 aromatic heterocycles. The summed E-state index contributed by atoms with van der Waals surface area (Å²) < 4.78 is 16.0. The van der Waals surface area contributed by atoms with Gasteiger partial charge in [0.05, 0.1) is 12.6 Å². The summed E-state index contributed by atoms with van der Waals surface area (Å²) in [6, 6.07) is 1.82. The van der Waals surface area contributed by atoms with Crippen molar-refractivity contribution in [2.24, 2.45) is 4.99 Å². The van der Waals surface area contributed by atoms with Gasteiger partial charge in [-0.3, -0.25) is 0 Å². The van der Waals surface area contributed by atoms with Gasteiger partial charge in [-0.1, -0.05) is 5.16 Å². The Balaban J connectivity index is 1.63. The normalized spacial score (nSPS) is 16.0. The van der Waals surface area contributed by atoms with E-state index >= 15 is 0 Å². The summed E-state index contributed by atoms with van der Waals surface area (Å²) in [6.07, 6.45) is 4.09. The highest BCUT2D eigenvalue weighted by Crippen LogP contribution is 2.14. The SMILES string of the molecule is CCNC(=NCc1ccon1)N1CCC(OCCCNC(=O)OC(C)(C)C)CC1. The van der Waals surface area contributed by atoms with E-state index in [9.17, 15) is 4.79 Å². The molecule has 1 aliphatic heterocycles. The zero-order chi connectivity index (χ0) is 21.1. The van der Waals surface area contributed by atoms with Crippen LogP contribution in [0.5, 0.6) is 0 Å². The minimum atomic E-state index is -0.474. The molecule has 0 radical (unpaired) electrons. The zero-order valence-electron chi connectivity index (χ0n) is 18.1. The standard InChI is InChI=1S/C20H35N5O4/c1-5-21-18(23-15-16-9-14-28-24-16)25-11-7-17(8-12-25)27-13-6-10-22-19(26)29-20(2,3)4/h9,14,17H,5-8,10-13,15H2,1-4H3,(H,21,23)(H,22,26). The monoisotopic (exact) mass is 409 g/mol. The molecule has 0 aromatic carbocycles. The molecule has 0 aliphatic carbocycles. The third-order valence-electron chi connectivity index (χ3n) is 4.30. The van der Waals surface area contributed by atoms with Gasteiger partial charge in [0.25, 0.3) is 0 Å². The molecule has 29 heavy (non-hydrogen) atoms. The highest BCUT2D eigenvalue weighted by atomic mass is 16.6. The number of piperidine rings is 1. The van der Waals surface area contributed by atoms with Crippen molar-refractivity contribution in [2.45, 2.75) is 65.2 Å². The van der Waals surface area contributed by atoms with Gasteiger partial charge in [-0.05, 0) is 47.0 Å². The molecule has 0 atom stereocenters. The second-order valence-corrected chi connectivity index (χ2v) is 8.00. The number of aliphatic imine (C=N–C) groups is 1. The molecular weight excluding hydrogens is 374 g/mol. The number of nitrogens with zero attached hydrogens (tertiary/aromatic N) is 3. The van der Waals surface area contributed by atoms with E-state index in [4.69, 9.17) is 14.0 Å². The van der Waals surface area contributed by atoms with Gasteiger partial charge >= 0.3 is 6.09 Å². The minimum absolute atomic E-state index is 0.242. The van der Waals surface area contributed by atoms with Crippen molar-refractivity contribution < 1.29 is 18.8 Å². The molecule has 1 aromatic rings. The Morgan fingerprint density at radius 1 is 1.34 bits per heavy atom. The van der Waals surface area contributed by atoms with Crippen molar-refractivity contribution in [3.8, 4) is 0 Å². The molecular formula is C20H35N5O4. The second kappa shape index (κ2) is 11.6. The lowest BCUT2D eigenvalue weighted by Gasteiger charge is -2.34. The lowest BCUT2D eigenvalue weighted by atomic mass is 10.1. The molecule has 0 unspecified atom stereocenters. The topological polar surface area (TPSA) is 101 Å². The van der Waals surface area contributed by atoms with Crippen molar-refractivity contribution in [2.75, 3.05) is 32.8 Å². The molecule has 1 saturated heterocycles. The summed E-state index contributed by atoms with van der Waals surface area (Å²) in [4.78, 5) is 18.5. The Kier molecular flexibility index (Phi) is 9.24. The summed E-state index contributed by atoms with van der Waals surface area (Å²) in [6.45, 7) is 11.9. The molecule has 9 nitrogen and oxygen atoms in total. The summed E-state index contributed by atoms with van der Waals surface area (Å²) in [7, 11) is 0. The van der Waals surface area contributed by atoms with Gasteiger partial charge in [0, 0.05) is 38.9 Å². The van der Waals surface area contributed by atoms with Gasteiger partial charge in [0.1, 0.15) is 17.6 Å². The molecule has 0 spiro atoms. The molecule has 9 heteroatoms. The summed E-state index contributed by atoms with van der Waals surface area (Å²) in [5.41, 5.74) is 0.344. The predicted octanol–water partition coefficient (Wildman–Crippen LogP) is 2.54. The third-order valence-corrected chi connectivity index (χ3v) is 4.30. The third kappa shape index (κ3) is 9.17. The number of hydrogen-bond donors (Lipinski definition) is 2. The van der Waals surface area contributed by atoms with Crippen molar-refractivity contribution in [3.05, 3.63) is 18.0 Å². The van der Waals surface area contributed by atoms with E-state index < -0.39 is 5.60 Å². The molecule has 2 N–H and O–H groups in total. The summed E-state index contributed by atoms with van der Waals surface area (Å²) in [5, 5.41) is 9.99. The Morgan fingerprint density at radius 2 is 2.10 bits per heavy atom. The molecule has 1 fully saturated rings. The number of carbonyl (C=O) groups is 1. The first-order valence-electron chi connectivity index (χ1n) is 10.4. The average molecular weight is 410 g/mol. The fraction of sp³-hybridized carbons (Fsp3) is 0.750. The first-order valence-corrected chi connectivity index (χ1v) is 10.4. The van der Waals surface area contributed by atoms with Gasteiger partial charge in [-0.15, -0.1) is 0 Å². The van der Waals surface area contributed by atoms with Gasteiger partial charge in [0.2, 0.25) is 0 Å². The van der Waals surface area contributed by atoms with Crippen LogP contribution in [0.25, 0.3) is 0 Å². The number of guanidine groups is 1. The van der Waals surface area contributed by atoms with Crippen LogP contribution < -0.4 is 10.6 Å². The highest BCUT2D eigenvalue weighted by molar-refractivity contribution is 5.80. The lowest BCUT2D eigenvalue weighted by Crippen LogP contribution is -2.47. The van der Waals surface area contributed by atoms with Crippen LogP contribution in [0.15, 0.2) is 21.8 Å². The van der Waals surface area contributed by atoms with Crippen LogP contribution in [0.1, 0.15) is 52.7 Å². The maximum atomic E-state index is 11.6. The number of alkyl carbamates (subject to hydrolysis) is 1.